The Morgan fingerprint density at radius 2 is 2.18 bits per heavy atom. The van der Waals surface area contributed by atoms with Crippen LogP contribution in [0.15, 0.2) is 28.1 Å². The number of fused-ring (bicyclic) bond motifs is 1. The lowest BCUT2D eigenvalue weighted by Gasteiger charge is -2.03. The molecule has 0 saturated heterocycles. The lowest BCUT2D eigenvalue weighted by Crippen LogP contribution is -2.06. The fourth-order valence-electron chi connectivity index (χ4n) is 1.59. The largest absolute Gasteiger partial charge is 0.462 e. The molecule has 0 N–H and O–H groups in total. The SMILES string of the molecule is CCCCOC(=O)c1c(Br)sc2ccccc12. The number of thiophene rings is 1. The van der Waals surface area contributed by atoms with Crippen molar-refractivity contribution < 1.29 is 9.53 Å². The number of hydrogen-bond donors (Lipinski definition) is 0. The summed E-state index contributed by atoms with van der Waals surface area (Å²) in [5.41, 5.74) is 0.654. The molecule has 0 aliphatic rings. The van der Waals surface area contributed by atoms with Gasteiger partial charge in [0, 0.05) is 10.1 Å². The van der Waals surface area contributed by atoms with Crippen molar-refractivity contribution in [1.29, 1.82) is 0 Å². The monoisotopic (exact) mass is 312 g/mol. The van der Waals surface area contributed by atoms with Crippen molar-refractivity contribution >= 4 is 43.3 Å². The van der Waals surface area contributed by atoms with Crippen LogP contribution in [-0.4, -0.2) is 12.6 Å². The summed E-state index contributed by atoms with van der Waals surface area (Å²) in [5.74, 6) is -0.234. The summed E-state index contributed by atoms with van der Waals surface area (Å²) in [6.07, 6.45) is 1.93. The van der Waals surface area contributed by atoms with E-state index in [4.69, 9.17) is 4.74 Å². The second kappa shape index (κ2) is 5.65. The highest BCUT2D eigenvalue weighted by atomic mass is 79.9. The van der Waals surface area contributed by atoms with Crippen molar-refractivity contribution in [2.24, 2.45) is 0 Å². The highest BCUT2D eigenvalue weighted by Gasteiger charge is 2.18. The molecule has 0 saturated carbocycles. The maximum Gasteiger partial charge on any atom is 0.340 e. The molecular formula is C13H13BrO2S. The Kier molecular flexibility index (Phi) is 4.18. The maximum absolute atomic E-state index is 12.0. The summed E-state index contributed by atoms with van der Waals surface area (Å²) in [7, 11) is 0. The molecule has 0 bridgehead atoms. The van der Waals surface area contributed by atoms with E-state index >= 15 is 0 Å². The van der Waals surface area contributed by atoms with Crippen molar-refractivity contribution in [3.63, 3.8) is 0 Å². The molecule has 0 aliphatic carbocycles. The van der Waals surface area contributed by atoms with Gasteiger partial charge in [0.1, 0.15) is 0 Å². The number of ether oxygens (including phenoxy) is 1. The van der Waals surface area contributed by atoms with Gasteiger partial charge in [-0.3, -0.25) is 0 Å². The lowest BCUT2D eigenvalue weighted by molar-refractivity contribution is 0.0501. The van der Waals surface area contributed by atoms with Gasteiger partial charge in [0.05, 0.1) is 16.0 Å². The molecule has 90 valence electrons. The summed E-state index contributed by atoms with van der Waals surface area (Å²) in [6.45, 7) is 2.57. The molecular weight excluding hydrogens is 300 g/mol. The molecule has 2 aromatic rings. The van der Waals surface area contributed by atoms with Crippen LogP contribution in [0.5, 0.6) is 0 Å². The third kappa shape index (κ3) is 2.69. The molecule has 0 amide bonds. The fourth-order valence-corrected chi connectivity index (χ4v) is 3.40. The molecule has 4 heteroatoms. The van der Waals surface area contributed by atoms with Crippen molar-refractivity contribution in [3.8, 4) is 0 Å². The number of esters is 1. The van der Waals surface area contributed by atoms with Gasteiger partial charge in [-0.2, -0.15) is 0 Å². The average molecular weight is 313 g/mol. The van der Waals surface area contributed by atoms with E-state index in [9.17, 15) is 4.79 Å². The molecule has 1 aromatic carbocycles. The van der Waals surface area contributed by atoms with Crippen LogP contribution in [-0.2, 0) is 4.74 Å². The van der Waals surface area contributed by atoms with E-state index in [1.807, 2.05) is 24.3 Å². The van der Waals surface area contributed by atoms with E-state index in [1.54, 1.807) is 11.3 Å². The van der Waals surface area contributed by atoms with E-state index in [2.05, 4.69) is 22.9 Å². The standard InChI is InChI=1S/C13H13BrO2S/c1-2-3-8-16-13(15)11-9-6-4-5-7-10(9)17-12(11)14/h4-7H,2-3,8H2,1H3. The predicted octanol–water partition coefficient (Wildman–Crippen LogP) is 4.62. The molecule has 0 spiro atoms. The van der Waals surface area contributed by atoms with E-state index in [1.165, 1.54) is 0 Å². The van der Waals surface area contributed by atoms with Gasteiger partial charge in [0.25, 0.3) is 0 Å². The van der Waals surface area contributed by atoms with Crippen molar-refractivity contribution in [2.45, 2.75) is 19.8 Å². The topological polar surface area (TPSA) is 26.3 Å². The van der Waals surface area contributed by atoms with Gasteiger partial charge in [-0.05, 0) is 28.4 Å². The van der Waals surface area contributed by atoms with Crippen molar-refractivity contribution in [3.05, 3.63) is 33.6 Å². The molecule has 0 unspecified atom stereocenters. The van der Waals surface area contributed by atoms with E-state index < -0.39 is 0 Å². The quantitative estimate of drug-likeness (QED) is 0.608. The van der Waals surface area contributed by atoms with Crippen LogP contribution < -0.4 is 0 Å². The zero-order chi connectivity index (χ0) is 12.3. The molecule has 1 heterocycles. The second-order valence-corrected chi connectivity index (χ2v) is 6.11. The third-order valence-corrected chi connectivity index (χ3v) is 4.33. The van der Waals surface area contributed by atoms with Gasteiger partial charge in [0.15, 0.2) is 0 Å². The number of hydrogen-bond acceptors (Lipinski definition) is 3. The molecule has 0 aliphatic heterocycles. The van der Waals surface area contributed by atoms with E-state index in [0.29, 0.717) is 12.2 Å². The van der Waals surface area contributed by atoms with Gasteiger partial charge in [0.2, 0.25) is 0 Å². The first-order valence-electron chi connectivity index (χ1n) is 5.58. The first-order chi connectivity index (χ1) is 8.24. The Morgan fingerprint density at radius 3 is 2.94 bits per heavy atom. The number of unbranched alkanes of at least 4 members (excludes halogenated alkanes) is 1. The Hall–Kier alpha value is -0.870. The van der Waals surface area contributed by atoms with Gasteiger partial charge < -0.3 is 4.74 Å². The minimum atomic E-state index is -0.234. The van der Waals surface area contributed by atoms with Gasteiger partial charge in [-0.1, -0.05) is 31.5 Å². The third-order valence-electron chi connectivity index (χ3n) is 2.49. The van der Waals surface area contributed by atoms with Gasteiger partial charge in [-0.15, -0.1) is 11.3 Å². The van der Waals surface area contributed by atoms with Crippen LogP contribution in [0.25, 0.3) is 10.1 Å². The van der Waals surface area contributed by atoms with Crippen LogP contribution in [0.2, 0.25) is 0 Å². The second-order valence-electron chi connectivity index (χ2n) is 3.74. The molecule has 17 heavy (non-hydrogen) atoms. The van der Waals surface area contributed by atoms with Crippen molar-refractivity contribution in [2.75, 3.05) is 6.61 Å². The van der Waals surface area contributed by atoms with Gasteiger partial charge in [-0.25, -0.2) is 4.79 Å². The van der Waals surface area contributed by atoms with Crippen LogP contribution in [0.4, 0.5) is 0 Å². The van der Waals surface area contributed by atoms with Crippen LogP contribution >= 0.6 is 27.3 Å². The molecule has 2 rings (SSSR count). The lowest BCUT2D eigenvalue weighted by atomic mass is 10.2. The summed E-state index contributed by atoms with van der Waals surface area (Å²) < 4.78 is 7.20. The maximum atomic E-state index is 12.0. The normalized spacial score (nSPS) is 10.7. The molecule has 0 atom stereocenters. The molecule has 2 nitrogen and oxygen atoms in total. The van der Waals surface area contributed by atoms with E-state index in [-0.39, 0.29) is 5.97 Å². The first kappa shape index (κ1) is 12.6. The smallest absolute Gasteiger partial charge is 0.340 e. The zero-order valence-electron chi connectivity index (χ0n) is 9.53. The Balaban J connectivity index is 2.28. The highest BCUT2D eigenvalue weighted by molar-refractivity contribution is 9.11. The van der Waals surface area contributed by atoms with Crippen molar-refractivity contribution in [1.82, 2.24) is 0 Å². The first-order valence-corrected chi connectivity index (χ1v) is 7.19. The average Bonchev–Trinajstić information content (AvgIpc) is 2.65. The number of carbonyl (C=O) groups excluding carboxylic acids is 1. The minimum Gasteiger partial charge on any atom is -0.462 e. The summed E-state index contributed by atoms with van der Waals surface area (Å²) in [6, 6.07) is 7.86. The summed E-state index contributed by atoms with van der Waals surface area (Å²) in [5, 5.41) is 0.964. The number of halogens is 1. The highest BCUT2D eigenvalue weighted by Crippen LogP contribution is 2.35. The van der Waals surface area contributed by atoms with Gasteiger partial charge >= 0.3 is 5.97 Å². The van der Waals surface area contributed by atoms with Crippen LogP contribution in [0.1, 0.15) is 30.1 Å². The number of rotatable bonds is 4. The molecule has 0 radical (unpaired) electrons. The fraction of sp³-hybridized carbons (Fsp3) is 0.308. The number of benzene rings is 1. The summed E-state index contributed by atoms with van der Waals surface area (Å²) >= 11 is 5.00. The van der Waals surface area contributed by atoms with Crippen LogP contribution in [0.3, 0.4) is 0 Å². The minimum absolute atomic E-state index is 0.234. The predicted molar refractivity (Wildman–Crippen MR) is 74.7 cm³/mol. The Labute approximate surface area is 113 Å². The van der Waals surface area contributed by atoms with E-state index in [0.717, 1.165) is 26.7 Å². The molecule has 0 fully saturated rings. The Morgan fingerprint density at radius 1 is 1.41 bits per heavy atom. The number of carbonyl (C=O) groups is 1. The molecule has 1 aromatic heterocycles. The zero-order valence-corrected chi connectivity index (χ0v) is 11.9. The summed E-state index contributed by atoms with van der Waals surface area (Å²) in [4.78, 5) is 12.0. The Bertz CT molecular complexity index is 533. The van der Waals surface area contributed by atoms with Crippen LogP contribution in [0, 0.1) is 0 Å².